The molecule has 0 saturated heterocycles. The Labute approximate surface area is 186 Å². The Hall–Kier alpha value is -3.12. The highest BCUT2D eigenvalue weighted by Crippen LogP contribution is 2.27. The maximum Gasteiger partial charge on any atom is 0.297 e. The van der Waals surface area contributed by atoms with Crippen LogP contribution in [-0.4, -0.2) is 13.9 Å². The van der Waals surface area contributed by atoms with Crippen molar-refractivity contribution in [3.05, 3.63) is 86.9 Å². The van der Waals surface area contributed by atoms with E-state index in [0.717, 1.165) is 34.7 Å². The second-order valence-corrected chi connectivity index (χ2v) is 8.47. The third-order valence-electron chi connectivity index (χ3n) is 5.85. The van der Waals surface area contributed by atoms with E-state index in [1.54, 1.807) is 16.0 Å². The highest BCUT2D eigenvalue weighted by molar-refractivity contribution is 7.07. The van der Waals surface area contributed by atoms with Crippen LogP contribution in [0.5, 0.6) is 0 Å². The number of thiazole rings is 1. The lowest BCUT2D eigenvalue weighted by Crippen LogP contribution is -2.22. The quantitative estimate of drug-likeness (QED) is 0.391. The fourth-order valence-corrected chi connectivity index (χ4v) is 4.98. The predicted molar refractivity (Wildman–Crippen MR) is 128 cm³/mol. The third-order valence-corrected chi connectivity index (χ3v) is 6.69. The van der Waals surface area contributed by atoms with Gasteiger partial charge in [-0.15, -0.1) is 11.3 Å². The molecular formula is C25H28N4OS. The Bertz CT molecular complexity index is 1290. The van der Waals surface area contributed by atoms with Crippen LogP contribution in [0.15, 0.2) is 75.8 Å². The van der Waals surface area contributed by atoms with Crippen LogP contribution < -0.4 is 10.4 Å². The zero-order valence-electron chi connectivity index (χ0n) is 18.4. The fourth-order valence-electron chi connectivity index (χ4n) is 4.01. The van der Waals surface area contributed by atoms with Gasteiger partial charge in [0.25, 0.3) is 5.56 Å². The van der Waals surface area contributed by atoms with Gasteiger partial charge in [-0.25, -0.2) is 9.67 Å². The second-order valence-electron chi connectivity index (χ2n) is 7.63. The molecule has 6 heteroatoms. The van der Waals surface area contributed by atoms with E-state index in [1.807, 2.05) is 55.1 Å². The lowest BCUT2D eigenvalue weighted by atomic mass is 10.1. The van der Waals surface area contributed by atoms with E-state index in [1.165, 1.54) is 5.56 Å². The third kappa shape index (κ3) is 3.83. The van der Waals surface area contributed by atoms with Crippen molar-refractivity contribution in [2.45, 2.75) is 39.7 Å². The first kappa shape index (κ1) is 21.1. The molecule has 0 aliphatic carbocycles. The molecule has 0 unspecified atom stereocenters. The van der Waals surface area contributed by atoms with E-state index in [0.29, 0.717) is 11.7 Å². The summed E-state index contributed by atoms with van der Waals surface area (Å²) < 4.78 is 5.86. The molecule has 160 valence electrons. The average Bonchev–Trinajstić information content (AvgIpc) is 3.31. The van der Waals surface area contributed by atoms with Crippen LogP contribution in [0, 0.1) is 6.92 Å². The molecule has 0 aliphatic rings. The molecule has 0 spiro atoms. The van der Waals surface area contributed by atoms with Gasteiger partial charge in [0.1, 0.15) is 0 Å². The zero-order chi connectivity index (χ0) is 22.0. The summed E-state index contributed by atoms with van der Waals surface area (Å²) >= 11 is 1.59. The minimum atomic E-state index is -0.100. The Kier molecular flexibility index (Phi) is 6.09. The van der Waals surface area contributed by atoms with E-state index in [9.17, 15) is 4.79 Å². The standard InChI is InChI=1S/C25H28N4OS/c1-5-20(6-2)28-22(19-13-9-7-10-14-19)17-31-25(28)26-23-18(3)27(4)29(24(23)30)21-15-11-8-12-16-21/h7-17,20H,5-6H2,1-4H3. The average molecular weight is 433 g/mol. The Morgan fingerprint density at radius 1 is 0.968 bits per heavy atom. The fraction of sp³-hybridized carbons (Fsp3) is 0.280. The van der Waals surface area contributed by atoms with Crippen LogP contribution in [0.1, 0.15) is 38.4 Å². The Morgan fingerprint density at radius 2 is 1.58 bits per heavy atom. The number of rotatable bonds is 6. The molecule has 4 aromatic rings. The van der Waals surface area contributed by atoms with Crippen LogP contribution in [0.25, 0.3) is 16.9 Å². The monoisotopic (exact) mass is 432 g/mol. The molecule has 0 atom stereocenters. The molecule has 2 aromatic carbocycles. The Morgan fingerprint density at radius 3 is 2.19 bits per heavy atom. The predicted octanol–water partition coefficient (Wildman–Crippen LogP) is 5.61. The first-order chi connectivity index (χ1) is 15.1. The lowest BCUT2D eigenvalue weighted by Gasteiger charge is -2.18. The number of nitrogens with zero attached hydrogens (tertiary/aromatic N) is 4. The molecule has 5 nitrogen and oxygen atoms in total. The summed E-state index contributed by atoms with van der Waals surface area (Å²) in [6.07, 6.45) is 2.00. The summed E-state index contributed by atoms with van der Waals surface area (Å²) in [7, 11) is 1.90. The van der Waals surface area contributed by atoms with Crippen LogP contribution >= 0.6 is 11.3 Å². The number of hydrogen-bond donors (Lipinski definition) is 0. The SMILES string of the molecule is CCC(CC)n1c(-c2ccccc2)csc1=Nc1c(C)n(C)n(-c2ccccc2)c1=O. The smallest absolute Gasteiger partial charge is 0.297 e. The van der Waals surface area contributed by atoms with Gasteiger partial charge in [0.2, 0.25) is 0 Å². The zero-order valence-corrected chi connectivity index (χ0v) is 19.3. The van der Waals surface area contributed by atoms with Gasteiger partial charge >= 0.3 is 0 Å². The minimum absolute atomic E-state index is 0.100. The van der Waals surface area contributed by atoms with Crippen LogP contribution in [-0.2, 0) is 7.05 Å². The highest BCUT2D eigenvalue weighted by Gasteiger charge is 2.18. The molecule has 0 amide bonds. The van der Waals surface area contributed by atoms with Gasteiger partial charge in [0.15, 0.2) is 10.5 Å². The molecule has 2 aromatic heterocycles. The van der Waals surface area contributed by atoms with E-state index < -0.39 is 0 Å². The normalized spacial score (nSPS) is 12.1. The van der Waals surface area contributed by atoms with E-state index >= 15 is 0 Å². The highest BCUT2D eigenvalue weighted by atomic mass is 32.1. The number of para-hydroxylation sites is 1. The number of hydrogen-bond acceptors (Lipinski definition) is 3. The van der Waals surface area contributed by atoms with Gasteiger partial charge in [-0.3, -0.25) is 9.48 Å². The first-order valence-corrected chi connectivity index (χ1v) is 11.6. The van der Waals surface area contributed by atoms with Crippen molar-refractivity contribution < 1.29 is 0 Å². The lowest BCUT2D eigenvalue weighted by molar-refractivity contribution is 0.466. The molecule has 0 radical (unpaired) electrons. The van der Waals surface area contributed by atoms with Crippen molar-refractivity contribution in [3.8, 4) is 16.9 Å². The number of benzene rings is 2. The molecule has 0 saturated carbocycles. The molecule has 0 aliphatic heterocycles. The van der Waals surface area contributed by atoms with Crippen LogP contribution in [0.2, 0.25) is 0 Å². The molecule has 4 rings (SSSR count). The topological polar surface area (TPSA) is 44.2 Å². The molecular weight excluding hydrogens is 404 g/mol. The van der Waals surface area contributed by atoms with Crippen molar-refractivity contribution in [2.24, 2.45) is 12.0 Å². The molecule has 0 N–H and O–H groups in total. The van der Waals surface area contributed by atoms with Crippen molar-refractivity contribution in [1.29, 1.82) is 0 Å². The largest absolute Gasteiger partial charge is 0.313 e. The van der Waals surface area contributed by atoms with Gasteiger partial charge < -0.3 is 4.57 Å². The maximum absolute atomic E-state index is 13.4. The van der Waals surface area contributed by atoms with Gasteiger partial charge in [0.05, 0.1) is 17.1 Å². The molecule has 31 heavy (non-hydrogen) atoms. The first-order valence-electron chi connectivity index (χ1n) is 10.7. The van der Waals surface area contributed by atoms with Gasteiger partial charge in [0, 0.05) is 18.5 Å². The summed E-state index contributed by atoms with van der Waals surface area (Å²) in [5.41, 5.74) is 4.39. The van der Waals surface area contributed by atoms with E-state index in [4.69, 9.17) is 4.99 Å². The number of aromatic nitrogens is 3. The van der Waals surface area contributed by atoms with Gasteiger partial charge in [-0.05, 0) is 37.5 Å². The second kappa shape index (κ2) is 8.94. The Balaban J connectivity index is 1.95. The van der Waals surface area contributed by atoms with Gasteiger partial charge in [-0.2, -0.15) is 0 Å². The summed E-state index contributed by atoms with van der Waals surface area (Å²) in [6, 6.07) is 20.4. The van der Waals surface area contributed by atoms with Crippen molar-refractivity contribution in [2.75, 3.05) is 0 Å². The van der Waals surface area contributed by atoms with Crippen LogP contribution in [0.4, 0.5) is 5.69 Å². The molecule has 0 fully saturated rings. The summed E-state index contributed by atoms with van der Waals surface area (Å²) in [6.45, 7) is 6.36. The molecule has 2 heterocycles. The summed E-state index contributed by atoms with van der Waals surface area (Å²) in [4.78, 5) is 19.2. The van der Waals surface area contributed by atoms with Crippen LogP contribution in [0.3, 0.4) is 0 Å². The summed E-state index contributed by atoms with van der Waals surface area (Å²) in [5.74, 6) is 0. The molecule has 0 bridgehead atoms. The van der Waals surface area contributed by atoms with Crippen molar-refractivity contribution in [1.82, 2.24) is 13.9 Å². The maximum atomic E-state index is 13.4. The van der Waals surface area contributed by atoms with Crippen molar-refractivity contribution >= 4 is 17.0 Å². The van der Waals surface area contributed by atoms with Crippen molar-refractivity contribution in [3.63, 3.8) is 0 Å². The summed E-state index contributed by atoms with van der Waals surface area (Å²) in [5, 5.41) is 2.15. The minimum Gasteiger partial charge on any atom is -0.313 e. The van der Waals surface area contributed by atoms with E-state index in [-0.39, 0.29) is 5.56 Å². The van der Waals surface area contributed by atoms with Gasteiger partial charge in [-0.1, -0.05) is 62.4 Å². The van der Waals surface area contributed by atoms with E-state index in [2.05, 4.69) is 48.1 Å².